The lowest BCUT2D eigenvalue weighted by molar-refractivity contribution is -0.118. The van der Waals surface area contributed by atoms with Gasteiger partial charge in [-0.15, -0.1) is 0 Å². The fourth-order valence-corrected chi connectivity index (χ4v) is 3.87. The highest BCUT2D eigenvalue weighted by Crippen LogP contribution is 2.29. The molecule has 0 fully saturated rings. The minimum Gasteiger partial charge on any atom is -0.484 e. The molecular formula is C21H21N3O2S. The largest absolute Gasteiger partial charge is 0.484 e. The van der Waals surface area contributed by atoms with Gasteiger partial charge in [0.15, 0.2) is 11.8 Å². The van der Waals surface area contributed by atoms with Crippen LogP contribution in [0.15, 0.2) is 53.8 Å². The van der Waals surface area contributed by atoms with Crippen LogP contribution in [-0.2, 0) is 11.3 Å². The van der Waals surface area contributed by atoms with Gasteiger partial charge in [0, 0.05) is 29.7 Å². The first kappa shape index (κ1) is 17.7. The molecule has 0 saturated heterocycles. The molecule has 2 aromatic carbocycles. The summed E-state index contributed by atoms with van der Waals surface area (Å²) in [6, 6.07) is 13.5. The zero-order valence-electron chi connectivity index (χ0n) is 15.4. The number of thioether (sulfide) groups is 1. The zero-order chi connectivity index (χ0) is 18.8. The van der Waals surface area contributed by atoms with E-state index in [4.69, 9.17) is 4.74 Å². The minimum atomic E-state index is -0.182. The van der Waals surface area contributed by atoms with Crippen LogP contribution < -0.4 is 10.1 Å². The molecule has 138 valence electrons. The smallest absolute Gasteiger partial charge is 0.262 e. The van der Waals surface area contributed by atoms with Gasteiger partial charge in [-0.3, -0.25) is 4.79 Å². The molecule has 1 aliphatic heterocycles. The van der Waals surface area contributed by atoms with E-state index < -0.39 is 0 Å². The number of hydrogen-bond donors (Lipinski definition) is 1. The van der Waals surface area contributed by atoms with Crippen LogP contribution in [0.1, 0.15) is 11.1 Å². The van der Waals surface area contributed by atoms with Crippen molar-refractivity contribution in [2.75, 3.05) is 17.7 Å². The van der Waals surface area contributed by atoms with Gasteiger partial charge in [0.05, 0.1) is 5.69 Å². The monoisotopic (exact) mass is 379 g/mol. The van der Waals surface area contributed by atoms with Gasteiger partial charge < -0.3 is 14.6 Å². The lowest BCUT2D eigenvalue weighted by Gasteiger charge is -2.09. The Labute approximate surface area is 162 Å². The first-order valence-corrected chi connectivity index (χ1v) is 9.87. The van der Waals surface area contributed by atoms with Crippen LogP contribution in [-0.4, -0.2) is 27.8 Å². The number of benzene rings is 2. The molecule has 6 heteroatoms. The first-order chi connectivity index (χ1) is 13.1. The second-order valence-corrected chi connectivity index (χ2v) is 7.67. The number of carbonyl (C=O) groups excluding carboxylic acids is 1. The van der Waals surface area contributed by atoms with Gasteiger partial charge in [0.2, 0.25) is 0 Å². The van der Waals surface area contributed by atoms with Gasteiger partial charge in [-0.25, -0.2) is 4.98 Å². The molecule has 0 aliphatic carbocycles. The molecule has 0 saturated carbocycles. The van der Waals surface area contributed by atoms with E-state index in [0.29, 0.717) is 5.75 Å². The Bertz CT molecular complexity index is 958. The van der Waals surface area contributed by atoms with E-state index in [9.17, 15) is 4.79 Å². The molecule has 4 rings (SSSR count). The summed E-state index contributed by atoms with van der Waals surface area (Å²) in [5.41, 5.74) is 5.10. The molecule has 27 heavy (non-hydrogen) atoms. The molecule has 5 nitrogen and oxygen atoms in total. The van der Waals surface area contributed by atoms with E-state index in [1.807, 2.05) is 56.3 Å². The number of amides is 1. The van der Waals surface area contributed by atoms with Crippen molar-refractivity contribution in [3.05, 3.63) is 59.8 Å². The van der Waals surface area contributed by atoms with E-state index >= 15 is 0 Å². The van der Waals surface area contributed by atoms with Crippen LogP contribution in [0.25, 0.3) is 11.3 Å². The molecule has 2 heterocycles. The summed E-state index contributed by atoms with van der Waals surface area (Å²) in [5, 5.41) is 3.94. The third-order valence-corrected chi connectivity index (χ3v) is 5.59. The number of aromatic nitrogens is 2. The number of anilines is 1. The highest BCUT2D eigenvalue weighted by atomic mass is 32.2. The number of nitrogens with one attached hydrogen (secondary N) is 1. The number of nitrogens with zero attached hydrogens (tertiary/aromatic N) is 2. The Kier molecular flexibility index (Phi) is 4.90. The van der Waals surface area contributed by atoms with Gasteiger partial charge in [-0.2, -0.15) is 0 Å². The summed E-state index contributed by atoms with van der Waals surface area (Å²) >= 11 is 1.78. The quantitative estimate of drug-likeness (QED) is 0.718. The SMILES string of the molecule is Cc1ccc(OCC(=O)Nc2ccc(-c3cn4c(n3)SCC4)cc2)cc1C. The summed E-state index contributed by atoms with van der Waals surface area (Å²) in [7, 11) is 0. The zero-order valence-corrected chi connectivity index (χ0v) is 16.2. The average molecular weight is 379 g/mol. The van der Waals surface area contributed by atoms with E-state index in [-0.39, 0.29) is 12.5 Å². The fraction of sp³-hybridized carbons (Fsp3) is 0.238. The van der Waals surface area contributed by atoms with E-state index in [1.54, 1.807) is 11.8 Å². The van der Waals surface area contributed by atoms with Crippen molar-refractivity contribution in [3.63, 3.8) is 0 Å². The highest BCUT2D eigenvalue weighted by Gasteiger charge is 2.15. The Morgan fingerprint density at radius 3 is 2.74 bits per heavy atom. The Morgan fingerprint density at radius 2 is 2.00 bits per heavy atom. The van der Waals surface area contributed by atoms with E-state index in [2.05, 4.69) is 21.1 Å². The standard InChI is InChI=1S/C21H21N3O2S/c1-14-3-8-18(11-15(14)2)26-13-20(25)22-17-6-4-16(5-7-17)19-12-24-9-10-27-21(24)23-19/h3-8,11-12H,9-10,13H2,1-2H3,(H,22,25). The van der Waals surface area contributed by atoms with Crippen molar-refractivity contribution in [2.24, 2.45) is 0 Å². The van der Waals surface area contributed by atoms with Crippen molar-refractivity contribution < 1.29 is 9.53 Å². The fourth-order valence-electron chi connectivity index (χ4n) is 2.92. The van der Waals surface area contributed by atoms with Gasteiger partial charge in [-0.1, -0.05) is 30.0 Å². The van der Waals surface area contributed by atoms with E-state index in [1.165, 1.54) is 5.56 Å². The number of rotatable bonds is 5. The third kappa shape index (κ3) is 4.01. The van der Waals surface area contributed by atoms with Crippen LogP contribution in [0.4, 0.5) is 5.69 Å². The van der Waals surface area contributed by atoms with Gasteiger partial charge in [0.1, 0.15) is 5.75 Å². The van der Waals surface area contributed by atoms with Crippen LogP contribution in [0.2, 0.25) is 0 Å². The highest BCUT2D eigenvalue weighted by molar-refractivity contribution is 7.99. The third-order valence-electron chi connectivity index (χ3n) is 4.62. The molecule has 0 bridgehead atoms. The molecule has 1 aromatic heterocycles. The number of carbonyl (C=O) groups is 1. The predicted molar refractivity (Wildman–Crippen MR) is 108 cm³/mol. The number of fused-ring (bicyclic) bond motifs is 1. The molecule has 0 spiro atoms. The van der Waals surface area contributed by atoms with Crippen LogP contribution in [0.5, 0.6) is 5.75 Å². The normalized spacial score (nSPS) is 12.7. The van der Waals surface area contributed by atoms with Gasteiger partial charge >= 0.3 is 0 Å². The molecule has 1 aliphatic rings. The van der Waals surface area contributed by atoms with Crippen molar-refractivity contribution in [1.29, 1.82) is 0 Å². The van der Waals surface area contributed by atoms with Crippen LogP contribution in [0, 0.1) is 13.8 Å². The Morgan fingerprint density at radius 1 is 1.19 bits per heavy atom. The predicted octanol–water partition coefficient (Wildman–Crippen LogP) is 4.29. The molecule has 1 N–H and O–H groups in total. The Balaban J connectivity index is 1.34. The van der Waals surface area contributed by atoms with Crippen LogP contribution >= 0.6 is 11.8 Å². The Hall–Kier alpha value is -2.73. The number of hydrogen-bond acceptors (Lipinski definition) is 4. The van der Waals surface area contributed by atoms with Crippen molar-refractivity contribution in [2.45, 2.75) is 25.5 Å². The number of imidazole rings is 1. The summed E-state index contributed by atoms with van der Waals surface area (Å²) in [6.45, 7) is 5.07. The summed E-state index contributed by atoms with van der Waals surface area (Å²) in [4.78, 5) is 16.8. The second-order valence-electron chi connectivity index (χ2n) is 6.61. The minimum absolute atomic E-state index is 0.0186. The maximum absolute atomic E-state index is 12.1. The summed E-state index contributed by atoms with van der Waals surface area (Å²) in [6.07, 6.45) is 2.08. The number of aryl methyl sites for hydroxylation is 3. The van der Waals surface area contributed by atoms with E-state index in [0.717, 1.165) is 40.0 Å². The molecule has 1 amide bonds. The van der Waals surface area contributed by atoms with Crippen LogP contribution in [0.3, 0.4) is 0 Å². The summed E-state index contributed by atoms with van der Waals surface area (Å²) < 4.78 is 7.76. The average Bonchev–Trinajstić information content (AvgIpc) is 3.25. The van der Waals surface area contributed by atoms with Crippen molar-refractivity contribution >= 4 is 23.4 Å². The van der Waals surface area contributed by atoms with Crippen molar-refractivity contribution in [1.82, 2.24) is 9.55 Å². The maximum atomic E-state index is 12.1. The summed E-state index contributed by atoms with van der Waals surface area (Å²) in [5.74, 6) is 1.62. The number of ether oxygens (including phenoxy) is 1. The lowest BCUT2D eigenvalue weighted by atomic mass is 10.1. The molecule has 0 radical (unpaired) electrons. The topological polar surface area (TPSA) is 56.1 Å². The molecular weight excluding hydrogens is 358 g/mol. The first-order valence-electron chi connectivity index (χ1n) is 8.89. The maximum Gasteiger partial charge on any atom is 0.262 e. The molecule has 3 aromatic rings. The van der Waals surface area contributed by atoms with Gasteiger partial charge in [0.25, 0.3) is 5.91 Å². The lowest BCUT2D eigenvalue weighted by Crippen LogP contribution is -2.20. The molecule has 0 atom stereocenters. The van der Waals surface area contributed by atoms with Gasteiger partial charge in [-0.05, 0) is 49.2 Å². The van der Waals surface area contributed by atoms with Crippen molar-refractivity contribution in [3.8, 4) is 17.0 Å². The second kappa shape index (κ2) is 7.48. The molecule has 0 unspecified atom stereocenters.